The van der Waals surface area contributed by atoms with Gasteiger partial charge in [-0.2, -0.15) is 13.2 Å². The fourth-order valence-corrected chi connectivity index (χ4v) is 4.29. The van der Waals surface area contributed by atoms with Crippen LogP contribution in [0.4, 0.5) is 18.9 Å². The van der Waals surface area contributed by atoms with E-state index in [1.807, 2.05) is 38.2 Å². The number of anilines is 1. The molecule has 1 heterocycles. The van der Waals surface area contributed by atoms with Gasteiger partial charge in [0.1, 0.15) is 0 Å². The predicted molar refractivity (Wildman–Crippen MR) is 123 cm³/mol. The molecule has 1 N–H and O–H groups in total. The Labute approximate surface area is 191 Å². The van der Waals surface area contributed by atoms with Crippen molar-refractivity contribution < 1.29 is 13.2 Å². The van der Waals surface area contributed by atoms with E-state index in [0.29, 0.717) is 18.7 Å². The first-order chi connectivity index (χ1) is 14.7. The molecule has 4 nitrogen and oxygen atoms in total. The molecule has 2 aromatic rings. The Bertz CT molecular complexity index is 847. The van der Waals surface area contributed by atoms with Gasteiger partial charge >= 0.3 is 6.18 Å². The zero-order chi connectivity index (χ0) is 22.6. The average Bonchev–Trinajstić information content (AvgIpc) is 2.72. The van der Waals surface area contributed by atoms with Crippen molar-refractivity contribution in [3.8, 4) is 0 Å². The van der Waals surface area contributed by atoms with Crippen LogP contribution in [0.2, 0.25) is 0 Å². The molecule has 1 fully saturated rings. The van der Waals surface area contributed by atoms with Crippen molar-refractivity contribution >= 4 is 21.6 Å². The minimum absolute atomic E-state index is 0.0229. The third kappa shape index (κ3) is 6.44. The number of alkyl halides is 3. The van der Waals surface area contributed by atoms with Gasteiger partial charge in [-0.3, -0.25) is 4.90 Å². The van der Waals surface area contributed by atoms with Gasteiger partial charge in [0.15, 0.2) is 0 Å². The minimum Gasteiger partial charge on any atom is -0.369 e. The molecule has 1 atom stereocenters. The van der Waals surface area contributed by atoms with Gasteiger partial charge in [0, 0.05) is 55.5 Å². The third-order valence-corrected chi connectivity index (χ3v) is 6.22. The maximum absolute atomic E-state index is 13.7. The number of piperazine rings is 1. The van der Waals surface area contributed by atoms with E-state index in [0.717, 1.165) is 41.9 Å². The van der Waals surface area contributed by atoms with Gasteiger partial charge in [0.05, 0.1) is 5.56 Å². The molecule has 0 radical (unpaired) electrons. The highest BCUT2D eigenvalue weighted by Gasteiger charge is 2.34. The van der Waals surface area contributed by atoms with E-state index in [2.05, 4.69) is 43.2 Å². The molecule has 1 unspecified atom stereocenters. The Morgan fingerprint density at radius 1 is 1.03 bits per heavy atom. The molecule has 3 rings (SSSR count). The van der Waals surface area contributed by atoms with Crippen molar-refractivity contribution in [2.45, 2.75) is 18.8 Å². The molecular formula is C23H30BrF3N4. The molecule has 0 saturated carbocycles. The van der Waals surface area contributed by atoms with Crippen LogP contribution in [0.5, 0.6) is 0 Å². The topological polar surface area (TPSA) is 21.8 Å². The average molecular weight is 499 g/mol. The maximum Gasteiger partial charge on any atom is 0.416 e. The predicted octanol–water partition coefficient (Wildman–Crippen LogP) is 4.61. The number of rotatable bonds is 7. The van der Waals surface area contributed by atoms with Crippen LogP contribution in [-0.4, -0.2) is 63.7 Å². The number of halogens is 4. The Kier molecular flexibility index (Phi) is 8.02. The number of hydrogen-bond acceptors (Lipinski definition) is 4. The second-order valence-corrected chi connectivity index (χ2v) is 9.17. The van der Waals surface area contributed by atoms with E-state index < -0.39 is 11.7 Å². The second kappa shape index (κ2) is 10.3. The number of nitrogens with zero attached hydrogens (tertiary/aromatic N) is 3. The second-order valence-electron chi connectivity index (χ2n) is 8.26. The minimum atomic E-state index is -4.36. The largest absolute Gasteiger partial charge is 0.416 e. The molecule has 1 aliphatic rings. The Hall–Kier alpha value is -1.61. The first kappa shape index (κ1) is 24.0. The van der Waals surface area contributed by atoms with E-state index in [9.17, 15) is 13.2 Å². The lowest BCUT2D eigenvalue weighted by molar-refractivity contribution is -0.138. The zero-order valence-corrected chi connectivity index (χ0v) is 19.8. The molecular weight excluding hydrogens is 469 g/mol. The number of nitrogens with one attached hydrogen (secondary N) is 1. The molecule has 0 bridgehead atoms. The van der Waals surface area contributed by atoms with Crippen LogP contribution in [0.1, 0.15) is 22.7 Å². The first-order valence-corrected chi connectivity index (χ1v) is 11.2. The summed E-state index contributed by atoms with van der Waals surface area (Å²) in [4.78, 5) is 6.42. The fraction of sp³-hybridized carbons (Fsp3) is 0.478. The Balaban J connectivity index is 1.74. The standard InChI is InChI=1S/C23H30BrF3N4/c1-28-22(16-29(2)3)17-4-9-21(23(25,26)27)18(14-17)15-30-10-12-31(13-11-30)20-7-5-19(24)6-8-20/h4-9,14,22,28H,10-13,15-16H2,1-3H3. The zero-order valence-electron chi connectivity index (χ0n) is 18.2. The van der Waals surface area contributed by atoms with Crippen LogP contribution < -0.4 is 10.2 Å². The van der Waals surface area contributed by atoms with E-state index in [1.54, 1.807) is 12.1 Å². The van der Waals surface area contributed by atoms with Crippen molar-refractivity contribution in [1.82, 2.24) is 15.1 Å². The Morgan fingerprint density at radius 2 is 1.68 bits per heavy atom. The van der Waals surface area contributed by atoms with Gasteiger partial charge in [0.25, 0.3) is 0 Å². The summed E-state index contributed by atoms with van der Waals surface area (Å²) in [5, 5.41) is 3.22. The lowest BCUT2D eigenvalue weighted by Gasteiger charge is -2.36. The van der Waals surface area contributed by atoms with Crippen molar-refractivity contribution in [2.75, 3.05) is 58.8 Å². The van der Waals surface area contributed by atoms with Gasteiger partial charge in [0.2, 0.25) is 0 Å². The lowest BCUT2D eigenvalue weighted by Crippen LogP contribution is -2.46. The van der Waals surface area contributed by atoms with Crippen molar-refractivity contribution in [1.29, 1.82) is 0 Å². The van der Waals surface area contributed by atoms with Crippen molar-refractivity contribution in [2.24, 2.45) is 0 Å². The van der Waals surface area contributed by atoms with Crippen LogP contribution >= 0.6 is 15.9 Å². The molecule has 1 aliphatic heterocycles. The van der Waals surface area contributed by atoms with Crippen LogP contribution in [0.25, 0.3) is 0 Å². The SMILES string of the molecule is CNC(CN(C)C)c1ccc(C(F)(F)F)c(CN2CCN(c3ccc(Br)cc3)CC2)c1. The summed E-state index contributed by atoms with van der Waals surface area (Å²) in [6, 6.07) is 12.7. The van der Waals surface area contributed by atoms with Crippen LogP contribution in [0, 0.1) is 0 Å². The number of benzene rings is 2. The highest BCUT2D eigenvalue weighted by Crippen LogP contribution is 2.34. The Morgan fingerprint density at radius 3 is 2.23 bits per heavy atom. The first-order valence-electron chi connectivity index (χ1n) is 10.4. The summed E-state index contributed by atoms with van der Waals surface area (Å²) in [7, 11) is 5.76. The van der Waals surface area contributed by atoms with Gasteiger partial charge in [-0.15, -0.1) is 0 Å². The van der Waals surface area contributed by atoms with E-state index >= 15 is 0 Å². The lowest BCUT2D eigenvalue weighted by atomic mass is 9.98. The highest BCUT2D eigenvalue weighted by molar-refractivity contribution is 9.10. The highest BCUT2D eigenvalue weighted by atomic mass is 79.9. The molecule has 0 amide bonds. The fourth-order valence-electron chi connectivity index (χ4n) is 4.02. The summed E-state index contributed by atoms with van der Waals surface area (Å²) in [5.41, 5.74) is 1.83. The summed E-state index contributed by atoms with van der Waals surface area (Å²) in [6.07, 6.45) is -4.36. The molecule has 170 valence electrons. The summed E-state index contributed by atoms with van der Waals surface area (Å²) in [6.45, 7) is 4.06. The molecule has 8 heteroatoms. The third-order valence-electron chi connectivity index (χ3n) is 5.69. The van der Waals surface area contributed by atoms with E-state index in [4.69, 9.17) is 0 Å². The van der Waals surface area contributed by atoms with Crippen LogP contribution in [-0.2, 0) is 12.7 Å². The summed E-state index contributed by atoms with van der Waals surface area (Å²) < 4.78 is 42.1. The van der Waals surface area contributed by atoms with E-state index in [1.165, 1.54) is 6.07 Å². The quantitative estimate of drug-likeness (QED) is 0.601. The van der Waals surface area contributed by atoms with Crippen molar-refractivity contribution in [3.05, 3.63) is 63.6 Å². The van der Waals surface area contributed by atoms with Gasteiger partial charge in [-0.05, 0) is 62.6 Å². The molecule has 31 heavy (non-hydrogen) atoms. The van der Waals surface area contributed by atoms with Gasteiger partial charge in [-0.25, -0.2) is 0 Å². The van der Waals surface area contributed by atoms with E-state index in [-0.39, 0.29) is 6.04 Å². The molecule has 0 spiro atoms. The van der Waals surface area contributed by atoms with Crippen molar-refractivity contribution in [3.63, 3.8) is 0 Å². The normalized spacial score (nSPS) is 16.7. The number of hydrogen-bond donors (Lipinski definition) is 1. The van der Waals surface area contributed by atoms with Gasteiger partial charge < -0.3 is 15.1 Å². The monoisotopic (exact) mass is 498 g/mol. The van der Waals surface area contributed by atoms with Gasteiger partial charge in [-0.1, -0.05) is 28.1 Å². The maximum atomic E-state index is 13.7. The van der Waals surface area contributed by atoms with Crippen LogP contribution in [0.15, 0.2) is 46.9 Å². The molecule has 1 saturated heterocycles. The summed E-state index contributed by atoms with van der Waals surface area (Å²) >= 11 is 3.45. The summed E-state index contributed by atoms with van der Waals surface area (Å²) in [5.74, 6) is 0. The molecule has 0 aliphatic carbocycles. The number of likely N-dealkylation sites (N-methyl/N-ethyl adjacent to an activating group) is 2. The smallest absolute Gasteiger partial charge is 0.369 e. The molecule has 0 aromatic heterocycles. The van der Waals surface area contributed by atoms with Crippen LogP contribution in [0.3, 0.4) is 0 Å². The molecule has 2 aromatic carbocycles.